The number of quaternary nitrogens is 1. The van der Waals surface area contributed by atoms with Crippen molar-refractivity contribution in [3.63, 3.8) is 0 Å². The average molecular weight is 349 g/mol. The summed E-state index contributed by atoms with van der Waals surface area (Å²) in [5.74, 6) is 1.53. The standard InChI is InChI=1S/C22H24N2O2/c1-17-7-3-4-8-19(17)16-26-21-11-10-18(13-22(21)25-2)14-23-15-20-9-5-6-12-24-20/h3-13,23H,14-16H2,1-2H3/p+1. The van der Waals surface area contributed by atoms with Gasteiger partial charge in [-0.25, -0.2) is 0 Å². The van der Waals surface area contributed by atoms with Crippen molar-refractivity contribution in [2.45, 2.75) is 26.6 Å². The van der Waals surface area contributed by atoms with Crippen molar-refractivity contribution in [1.82, 2.24) is 4.98 Å². The molecule has 4 heteroatoms. The number of benzene rings is 2. The Morgan fingerprint density at radius 3 is 2.54 bits per heavy atom. The molecule has 134 valence electrons. The van der Waals surface area contributed by atoms with Crippen molar-refractivity contribution in [3.8, 4) is 11.5 Å². The molecule has 0 atom stereocenters. The highest BCUT2D eigenvalue weighted by Crippen LogP contribution is 2.28. The van der Waals surface area contributed by atoms with Gasteiger partial charge >= 0.3 is 0 Å². The van der Waals surface area contributed by atoms with E-state index in [1.54, 1.807) is 7.11 Å². The van der Waals surface area contributed by atoms with Gasteiger partial charge in [-0.2, -0.15) is 0 Å². The largest absolute Gasteiger partial charge is 0.493 e. The van der Waals surface area contributed by atoms with Crippen LogP contribution in [0, 0.1) is 6.92 Å². The molecule has 0 saturated heterocycles. The van der Waals surface area contributed by atoms with Gasteiger partial charge < -0.3 is 14.8 Å². The van der Waals surface area contributed by atoms with E-state index >= 15 is 0 Å². The summed E-state index contributed by atoms with van der Waals surface area (Å²) in [5.41, 5.74) is 4.69. The Kier molecular flexibility index (Phi) is 6.23. The van der Waals surface area contributed by atoms with Crippen LogP contribution >= 0.6 is 0 Å². The molecule has 1 heterocycles. The SMILES string of the molecule is COc1cc(C[NH2+]Cc2ccccn2)ccc1OCc1ccccc1C. The minimum atomic E-state index is 0.536. The lowest BCUT2D eigenvalue weighted by Crippen LogP contribution is -2.80. The molecule has 0 bridgehead atoms. The summed E-state index contributed by atoms with van der Waals surface area (Å²) in [5, 5.41) is 2.23. The quantitative estimate of drug-likeness (QED) is 0.679. The lowest BCUT2D eigenvalue weighted by atomic mass is 10.1. The molecule has 0 saturated carbocycles. The molecule has 0 aliphatic carbocycles. The highest BCUT2D eigenvalue weighted by Gasteiger charge is 2.08. The van der Waals surface area contributed by atoms with E-state index in [0.717, 1.165) is 30.3 Å². The molecular formula is C22H25N2O2+. The van der Waals surface area contributed by atoms with E-state index in [1.165, 1.54) is 16.7 Å². The Morgan fingerprint density at radius 2 is 1.77 bits per heavy atom. The molecule has 0 unspecified atom stereocenters. The molecule has 0 amide bonds. The Labute approximate surface area is 154 Å². The van der Waals surface area contributed by atoms with Gasteiger partial charge in [0.25, 0.3) is 0 Å². The molecule has 2 N–H and O–H groups in total. The second-order valence-electron chi connectivity index (χ2n) is 6.22. The Hall–Kier alpha value is -2.85. The first kappa shape index (κ1) is 18.0. The number of pyridine rings is 1. The van der Waals surface area contributed by atoms with Crippen LogP contribution in [0.4, 0.5) is 0 Å². The number of methoxy groups -OCH3 is 1. The fourth-order valence-corrected chi connectivity index (χ4v) is 2.79. The minimum absolute atomic E-state index is 0.536. The van der Waals surface area contributed by atoms with Crippen molar-refractivity contribution >= 4 is 0 Å². The van der Waals surface area contributed by atoms with Gasteiger partial charge in [-0.1, -0.05) is 30.3 Å². The summed E-state index contributed by atoms with van der Waals surface area (Å²) < 4.78 is 11.5. The van der Waals surface area contributed by atoms with Crippen LogP contribution < -0.4 is 14.8 Å². The normalized spacial score (nSPS) is 10.5. The van der Waals surface area contributed by atoms with Crippen molar-refractivity contribution < 1.29 is 14.8 Å². The maximum absolute atomic E-state index is 5.98. The highest BCUT2D eigenvalue weighted by atomic mass is 16.5. The molecule has 4 nitrogen and oxygen atoms in total. The van der Waals surface area contributed by atoms with Gasteiger partial charge in [0.15, 0.2) is 11.5 Å². The van der Waals surface area contributed by atoms with Crippen molar-refractivity contribution in [1.29, 1.82) is 0 Å². The Morgan fingerprint density at radius 1 is 0.923 bits per heavy atom. The van der Waals surface area contributed by atoms with Crippen LogP contribution in [-0.4, -0.2) is 12.1 Å². The maximum Gasteiger partial charge on any atom is 0.161 e. The molecule has 0 aliphatic rings. The van der Waals surface area contributed by atoms with Gasteiger partial charge in [-0.3, -0.25) is 4.98 Å². The van der Waals surface area contributed by atoms with Gasteiger partial charge in [0, 0.05) is 11.8 Å². The second-order valence-corrected chi connectivity index (χ2v) is 6.22. The summed E-state index contributed by atoms with van der Waals surface area (Å²) in [7, 11) is 1.68. The summed E-state index contributed by atoms with van der Waals surface area (Å²) in [6.45, 7) is 4.35. The van der Waals surface area contributed by atoms with E-state index in [0.29, 0.717) is 6.61 Å². The van der Waals surface area contributed by atoms with E-state index in [4.69, 9.17) is 9.47 Å². The summed E-state index contributed by atoms with van der Waals surface area (Å²) in [4.78, 5) is 4.34. The number of hydrogen-bond donors (Lipinski definition) is 1. The predicted molar refractivity (Wildman–Crippen MR) is 102 cm³/mol. The number of ether oxygens (including phenoxy) is 2. The average Bonchev–Trinajstić information content (AvgIpc) is 2.68. The van der Waals surface area contributed by atoms with E-state index in [1.807, 2.05) is 48.7 Å². The number of rotatable bonds is 8. The zero-order valence-electron chi connectivity index (χ0n) is 15.3. The van der Waals surface area contributed by atoms with Gasteiger partial charge in [0.1, 0.15) is 19.7 Å². The number of aryl methyl sites for hydroxylation is 1. The molecule has 0 radical (unpaired) electrons. The lowest BCUT2D eigenvalue weighted by molar-refractivity contribution is -0.686. The van der Waals surface area contributed by atoms with Gasteiger partial charge in [-0.15, -0.1) is 0 Å². The second kappa shape index (κ2) is 9.02. The molecule has 3 aromatic rings. The zero-order chi connectivity index (χ0) is 18.2. The first-order valence-corrected chi connectivity index (χ1v) is 8.82. The number of nitrogens with two attached hydrogens (primary N) is 1. The molecule has 1 aromatic heterocycles. The summed E-state index contributed by atoms with van der Waals surface area (Å²) in [6.07, 6.45) is 1.83. The first-order chi connectivity index (χ1) is 12.8. The number of aromatic nitrogens is 1. The number of nitrogens with zero attached hydrogens (tertiary/aromatic N) is 1. The Balaban J connectivity index is 1.59. The monoisotopic (exact) mass is 349 g/mol. The van der Waals surface area contributed by atoms with Crippen molar-refractivity contribution in [2.75, 3.05) is 7.11 Å². The van der Waals surface area contributed by atoms with Crippen molar-refractivity contribution in [3.05, 3.63) is 89.2 Å². The summed E-state index contributed by atoms with van der Waals surface area (Å²) in [6, 6.07) is 20.4. The van der Waals surface area contributed by atoms with Crippen LogP contribution in [-0.2, 0) is 19.7 Å². The molecule has 2 aromatic carbocycles. The first-order valence-electron chi connectivity index (χ1n) is 8.82. The third-order valence-corrected chi connectivity index (χ3v) is 4.33. The number of hydrogen-bond acceptors (Lipinski definition) is 3. The van der Waals surface area contributed by atoms with Crippen LogP contribution in [0.2, 0.25) is 0 Å². The topological polar surface area (TPSA) is 48.0 Å². The lowest BCUT2D eigenvalue weighted by Gasteiger charge is -2.13. The third kappa shape index (κ3) is 4.83. The van der Waals surface area contributed by atoms with Crippen LogP contribution in [0.15, 0.2) is 66.9 Å². The minimum Gasteiger partial charge on any atom is -0.493 e. The molecule has 26 heavy (non-hydrogen) atoms. The van der Waals surface area contributed by atoms with Crippen LogP contribution in [0.5, 0.6) is 11.5 Å². The van der Waals surface area contributed by atoms with Gasteiger partial charge in [0.05, 0.1) is 12.8 Å². The molecule has 3 rings (SSSR count). The maximum atomic E-state index is 5.98. The molecule has 0 aliphatic heterocycles. The van der Waals surface area contributed by atoms with E-state index in [-0.39, 0.29) is 0 Å². The fourth-order valence-electron chi connectivity index (χ4n) is 2.79. The third-order valence-electron chi connectivity index (χ3n) is 4.33. The molecule has 0 spiro atoms. The zero-order valence-corrected chi connectivity index (χ0v) is 15.3. The van der Waals surface area contributed by atoms with E-state index in [9.17, 15) is 0 Å². The Bertz CT molecular complexity index is 835. The fraction of sp³-hybridized carbons (Fsp3) is 0.227. The van der Waals surface area contributed by atoms with E-state index in [2.05, 4.69) is 35.4 Å². The van der Waals surface area contributed by atoms with E-state index < -0.39 is 0 Å². The van der Waals surface area contributed by atoms with Crippen LogP contribution in [0.1, 0.15) is 22.4 Å². The smallest absolute Gasteiger partial charge is 0.161 e. The van der Waals surface area contributed by atoms with Crippen molar-refractivity contribution in [2.24, 2.45) is 0 Å². The molecule has 0 fully saturated rings. The predicted octanol–water partition coefficient (Wildman–Crippen LogP) is 3.24. The van der Waals surface area contributed by atoms with Gasteiger partial charge in [0.2, 0.25) is 0 Å². The molecular weight excluding hydrogens is 324 g/mol. The highest BCUT2D eigenvalue weighted by molar-refractivity contribution is 5.43. The van der Waals surface area contributed by atoms with Crippen LogP contribution in [0.3, 0.4) is 0 Å². The van der Waals surface area contributed by atoms with Gasteiger partial charge in [-0.05, 0) is 48.4 Å². The summed E-state index contributed by atoms with van der Waals surface area (Å²) >= 11 is 0. The van der Waals surface area contributed by atoms with Crippen LogP contribution in [0.25, 0.3) is 0 Å².